The maximum absolute atomic E-state index is 11.2. The average Bonchev–Trinajstić information content (AvgIpc) is 2.86. The Hall–Kier alpha value is -0.870. The monoisotopic (exact) mass is 225 g/mol. The van der Waals surface area contributed by atoms with Gasteiger partial charge >= 0.3 is 5.97 Å². The number of rotatable bonds is 3. The van der Waals surface area contributed by atoms with Crippen LogP contribution < -0.4 is 0 Å². The highest BCUT2D eigenvalue weighted by Crippen LogP contribution is 2.32. The highest BCUT2D eigenvalue weighted by Gasteiger charge is 2.27. The van der Waals surface area contributed by atoms with Crippen LogP contribution in [0.2, 0.25) is 0 Å². The van der Waals surface area contributed by atoms with E-state index in [9.17, 15) is 4.79 Å². The molecule has 0 radical (unpaired) electrons. The van der Waals surface area contributed by atoms with Crippen LogP contribution in [-0.4, -0.2) is 31.1 Å². The van der Waals surface area contributed by atoms with Gasteiger partial charge in [0.05, 0.1) is 13.7 Å². The Morgan fingerprint density at radius 2 is 2.60 bits per heavy atom. The van der Waals surface area contributed by atoms with Gasteiger partial charge < -0.3 is 4.74 Å². The van der Waals surface area contributed by atoms with E-state index in [4.69, 9.17) is 4.74 Å². The fourth-order valence-corrected chi connectivity index (χ4v) is 2.79. The molecule has 3 nitrogen and oxygen atoms in total. The number of carbonyl (C=O) groups is 1. The summed E-state index contributed by atoms with van der Waals surface area (Å²) in [4.78, 5) is 13.4. The molecule has 4 heteroatoms. The maximum Gasteiger partial charge on any atom is 0.319 e. The van der Waals surface area contributed by atoms with Crippen LogP contribution in [0.15, 0.2) is 16.8 Å². The molecular weight excluding hydrogens is 210 g/mol. The first kappa shape index (κ1) is 10.6. The molecule has 0 saturated carbocycles. The van der Waals surface area contributed by atoms with Crippen molar-refractivity contribution >= 4 is 17.3 Å². The van der Waals surface area contributed by atoms with Crippen LogP contribution in [0.25, 0.3) is 0 Å². The second-order valence-electron chi connectivity index (χ2n) is 3.76. The quantitative estimate of drug-likeness (QED) is 0.737. The first-order valence-corrected chi connectivity index (χ1v) is 6.08. The van der Waals surface area contributed by atoms with Crippen molar-refractivity contribution in [3.8, 4) is 0 Å². The van der Waals surface area contributed by atoms with Gasteiger partial charge in [-0.15, -0.1) is 0 Å². The number of hydrogen-bond donors (Lipinski definition) is 0. The summed E-state index contributed by atoms with van der Waals surface area (Å²) < 4.78 is 4.70. The summed E-state index contributed by atoms with van der Waals surface area (Å²) in [5.74, 6) is -0.142. The van der Waals surface area contributed by atoms with Crippen LogP contribution in [0, 0.1) is 0 Å². The van der Waals surface area contributed by atoms with Crippen molar-refractivity contribution in [3.05, 3.63) is 22.4 Å². The zero-order chi connectivity index (χ0) is 10.7. The third-order valence-corrected chi connectivity index (χ3v) is 3.55. The van der Waals surface area contributed by atoms with E-state index in [1.807, 2.05) is 0 Å². The highest BCUT2D eigenvalue weighted by molar-refractivity contribution is 7.07. The number of carbonyl (C=O) groups excluding carboxylic acids is 1. The molecule has 82 valence electrons. The Morgan fingerprint density at radius 3 is 3.27 bits per heavy atom. The third-order valence-electron chi connectivity index (χ3n) is 2.85. The molecule has 0 aliphatic carbocycles. The first-order chi connectivity index (χ1) is 7.31. The number of esters is 1. The van der Waals surface area contributed by atoms with E-state index in [2.05, 4.69) is 21.7 Å². The van der Waals surface area contributed by atoms with E-state index in [-0.39, 0.29) is 5.97 Å². The Bertz CT molecular complexity index is 323. The summed E-state index contributed by atoms with van der Waals surface area (Å²) in [6, 6.07) is 2.56. The largest absolute Gasteiger partial charge is 0.468 e. The number of methoxy groups -OCH3 is 1. The fourth-order valence-electron chi connectivity index (χ4n) is 2.09. The molecule has 1 atom stereocenters. The van der Waals surface area contributed by atoms with E-state index in [0.29, 0.717) is 12.6 Å². The van der Waals surface area contributed by atoms with Gasteiger partial charge in [0, 0.05) is 6.04 Å². The summed E-state index contributed by atoms with van der Waals surface area (Å²) >= 11 is 1.71. The standard InChI is InChI=1S/C11H15NO2S/c1-14-11(13)7-12-5-2-3-10(12)9-4-6-15-8-9/h4,6,8,10H,2-3,5,7H2,1H3/t10-/m1/s1. The van der Waals surface area contributed by atoms with E-state index in [1.54, 1.807) is 11.3 Å². The third kappa shape index (κ3) is 2.38. The van der Waals surface area contributed by atoms with Gasteiger partial charge in [-0.05, 0) is 41.8 Å². The summed E-state index contributed by atoms with van der Waals surface area (Å²) in [6.45, 7) is 1.41. The topological polar surface area (TPSA) is 29.5 Å². The second-order valence-corrected chi connectivity index (χ2v) is 4.54. The summed E-state index contributed by atoms with van der Waals surface area (Å²) in [6.07, 6.45) is 2.31. The molecule has 1 saturated heterocycles. The number of thiophene rings is 1. The average molecular weight is 225 g/mol. The van der Waals surface area contributed by atoms with Gasteiger partial charge in [-0.2, -0.15) is 11.3 Å². The molecule has 1 aliphatic heterocycles. The normalized spacial score (nSPS) is 21.8. The van der Waals surface area contributed by atoms with E-state index >= 15 is 0 Å². The van der Waals surface area contributed by atoms with E-state index < -0.39 is 0 Å². The minimum absolute atomic E-state index is 0.142. The van der Waals surface area contributed by atoms with Crippen molar-refractivity contribution in [1.82, 2.24) is 4.90 Å². The van der Waals surface area contributed by atoms with Gasteiger partial charge in [-0.3, -0.25) is 9.69 Å². The smallest absolute Gasteiger partial charge is 0.319 e. The number of nitrogens with zero attached hydrogens (tertiary/aromatic N) is 1. The molecule has 0 spiro atoms. The Morgan fingerprint density at radius 1 is 1.73 bits per heavy atom. The molecule has 2 heterocycles. The molecule has 1 aromatic rings. The molecule has 1 aliphatic rings. The molecule has 1 fully saturated rings. The zero-order valence-electron chi connectivity index (χ0n) is 8.81. The maximum atomic E-state index is 11.2. The number of hydrogen-bond acceptors (Lipinski definition) is 4. The zero-order valence-corrected chi connectivity index (χ0v) is 9.63. The van der Waals surface area contributed by atoms with Gasteiger partial charge in [0.1, 0.15) is 0 Å². The molecule has 0 amide bonds. The van der Waals surface area contributed by atoms with Crippen molar-refractivity contribution in [2.75, 3.05) is 20.2 Å². The molecule has 1 aromatic heterocycles. The SMILES string of the molecule is COC(=O)CN1CCC[C@@H]1c1ccsc1. The van der Waals surface area contributed by atoms with Crippen LogP contribution in [0.5, 0.6) is 0 Å². The Balaban J connectivity index is 2.02. The molecule has 2 rings (SSSR count). The highest BCUT2D eigenvalue weighted by atomic mass is 32.1. The lowest BCUT2D eigenvalue weighted by molar-refractivity contribution is -0.142. The van der Waals surface area contributed by atoms with Crippen LogP contribution in [0.4, 0.5) is 0 Å². The molecule has 0 N–H and O–H groups in total. The van der Waals surface area contributed by atoms with Crippen molar-refractivity contribution in [2.24, 2.45) is 0 Å². The van der Waals surface area contributed by atoms with E-state index in [0.717, 1.165) is 19.4 Å². The van der Waals surface area contributed by atoms with Crippen LogP contribution in [0.1, 0.15) is 24.4 Å². The molecule has 0 aromatic carbocycles. The minimum atomic E-state index is -0.142. The van der Waals surface area contributed by atoms with Crippen molar-refractivity contribution < 1.29 is 9.53 Å². The summed E-state index contributed by atoms with van der Waals surface area (Å²) in [7, 11) is 1.44. The molecule has 15 heavy (non-hydrogen) atoms. The van der Waals surface area contributed by atoms with E-state index in [1.165, 1.54) is 12.7 Å². The summed E-state index contributed by atoms with van der Waals surface area (Å²) in [5, 5.41) is 4.25. The van der Waals surface area contributed by atoms with Crippen molar-refractivity contribution in [1.29, 1.82) is 0 Å². The molecule has 0 bridgehead atoms. The summed E-state index contributed by atoms with van der Waals surface area (Å²) in [5.41, 5.74) is 1.33. The Labute approximate surface area is 93.7 Å². The van der Waals surface area contributed by atoms with Crippen LogP contribution in [0.3, 0.4) is 0 Å². The molecular formula is C11H15NO2S. The lowest BCUT2D eigenvalue weighted by Crippen LogP contribution is -2.29. The lowest BCUT2D eigenvalue weighted by Gasteiger charge is -2.22. The second kappa shape index (κ2) is 4.77. The number of ether oxygens (including phenoxy) is 1. The predicted octanol–water partition coefficient (Wildman–Crippen LogP) is 2.06. The van der Waals surface area contributed by atoms with Crippen molar-refractivity contribution in [2.45, 2.75) is 18.9 Å². The van der Waals surface area contributed by atoms with Gasteiger partial charge in [0.15, 0.2) is 0 Å². The van der Waals surface area contributed by atoms with Gasteiger partial charge in [-0.25, -0.2) is 0 Å². The fraction of sp³-hybridized carbons (Fsp3) is 0.545. The lowest BCUT2D eigenvalue weighted by atomic mass is 10.1. The minimum Gasteiger partial charge on any atom is -0.468 e. The Kier molecular flexibility index (Phi) is 3.38. The number of likely N-dealkylation sites (tertiary alicyclic amines) is 1. The van der Waals surface area contributed by atoms with Crippen molar-refractivity contribution in [3.63, 3.8) is 0 Å². The van der Waals surface area contributed by atoms with Gasteiger partial charge in [-0.1, -0.05) is 0 Å². The van der Waals surface area contributed by atoms with Gasteiger partial charge in [0.2, 0.25) is 0 Å². The first-order valence-electron chi connectivity index (χ1n) is 5.14. The molecule has 0 unspecified atom stereocenters. The van der Waals surface area contributed by atoms with Crippen LogP contribution in [-0.2, 0) is 9.53 Å². The predicted molar refractivity (Wildman–Crippen MR) is 59.9 cm³/mol. The van der Waals surface area contributed by atoms with Crippen LogP contribution >= 0.6 is 11.3 Å². The van der Waals surface area contributed by atoms with Gasteiger partial charge in [0.25, 0.3) is 0 Å².